The second-order valence-corrected chi connectivity index (χ2v) is 8.32. The minimum Gasteiger partial charge on any atom is -0.439 e. The number of ketones is 1. The van der Waals surface area contributed by atoms with E-state index in [9.17, 15) is 4.79 Å². The summed E-state index contributed by atoms with van der Waals surface area (Å²) in [5, 5.41) is 3.36. The van der Waals surface area contributed by atoms with Gasteiger partial charge in [0, 0.05) is 23.7 Å². The van der Waals surface area contributed by atoms with Crippen molar-refractivity contribution < 1.29 is 9.53 Å². The van der Waals surface area contributed by atoms with E-state index in [1.54, 1.807) is 30.3 Å². The van der Waals surface area contributed by atoms with Crippen LogP contribution in [0.1, 0.15) is 80.6 Å². The summed E-state index contributed by atoms with van der Waals surface area (Å²) in [4.78, 5) is 21.0. The van der Waals surface area contributed by atoms with Gasteiger partial charge in [-0.2, -0.15) is 0 Å². The van der Waals surface area contributed by atoms with Gasteiger partial charge in [0.15, 0.2) is 5.78 Å². The molecule has 0 atom stereocenters. The third kappa shape index (κ3) is 8.68. The first-order valence-corrected chi connectivity index (χ1v) is 12.2. The fourth-order valence-corrected chi connectivity index (χ4v) is 3.70. The van der Waals surface area contributed by atoms with E-state index in [2.05, 4.69) is 22.2 Å². The second kappa shape index (κ2) is 14.0. The smallest absolute Gasteiger partial charge is 0.224 e. The highest BCUT2D eigenvalue weighted by atomic mass is 16.5. The lowest BCUT2D eigenvalue weighted by atomic mass is 10.0. The molecule has 33 heavy (non-hydrogen) atoms. The van der Waals surface area contributed by atoms with E-state index in [4.69, 9.17) is 4.74 Å². The second-order valence-electron chi connectivity index (χ2n) is 8.32. The maximum absolute atomic E-state index is 12.5. The number of hydrogen-bond donors (Lipinski definition) is 1. The first kappa shape index (κ1) is 24.4. The summed E-state index contributed by atoms with van der Waals surface area (Å²) in [6.45, 7) is 3.15. The van der Waals surface area contributed by atoms with Crippen molar-refractivity contribution in [2.24, 2.45) is 0 Å². The number of nitrogens with zero attached hydrogens (tertiary/aromatic N) is 2. The molecule has 3 aromatic rings. The number of anilines is 1. The van der Waals surface area contributed by atoms with Gasteiger partial charge in [-0.15, -0.1) is 0 Å². The highest BCUT2D eigenvalue weighted by molar-refractivity contribution is 6.08. The molecule has 0 aliphatic rings. The van der Waals surface area contributed by atoms with Crippen molar-refractivity contribution in [3.8, 4) is 11.6 Å². The third-order valence-corrected chi connectivity index (χ3v) is 5.60. The van der Waals surface area contributed by atoms with Crippen molar-refractivity contribution in [3.05, 3.63) is 78.1 Å². The Labute approximate surface area is 197 Å². The van der Waals surface area contributed by atoms with Crippen LogP contribution in [0.2, 0.25) is 0 Å². The Kier molecular flexibility index (Phi) is 10.4. The number of carbonyl (C=O) groups excluding carboxylic acids is 1. The van der Waals surface area contributed by atoms with Gasteiger partial charge < -0.3 is 10.1 Å². The van der Waals surface area contributed by atoms with Crippen LogP contribution in [0.3, 0.4) is 0 Å². The number of hydrogen-bond acceptors (Lipinski definition) is 5. The van der Waals surface area contributed by atoms with Gasteiger partial charge in [0.2, 0.25) is 5.88 Å². The summed E-state index contributed by atoms with van der Waals surface area (Å²) < 4.78 is 5.86. The fourth-order valence-electron chi connectivity index (χ4n) is 3.70. The van der Waals surface area contributed by atoms with Crippen molar-refractivity contribution in [1.82, 2.24) is 9.97 Å². The molecule has 0 radical (unpaired) electrons. The first-order valence-electron chi connectivity index (χ1n) is 12.2. The van der Waals surface area contributed by atoms with Gasteiger partial charge >= 0.3 is 0 Å². The molecule has 0 unspecified atom stereocenters. The number of nitrogens with one attached hydrogen (secondary N) is 1. The summed E-state index contributed by atoms with van der Waals surface area (Å²) >= 11 is 0. The number of ether oxygens (including phenoxy) is 1. The molecule has 0 saturated carbocycles. The van der Waals surface area contributed by atoms with Crippen molar-refractivity contribution in [3.63, 3.8) is 0 Å². The van der Waals surface area contributed by atoms with Crippen LogP contribution >= 0.6 is 0 Å². The summed E-state index contributed by atoms with van der Waals surface area (Å²) in [6.07, 6.45) is 13.3. The molecule has 0 spiro atoms. The molecule has 0 amide bonds. The SMILES string of the molecule is CCCCCCCCCCCNc1cc(Oc2ccc(C(=O)c3ccccc3)cc2)ncn1. The Hall–Kier alpha value is -3.21. The van der Waals surface area contributed by atoms with Gasteiger partial charge in [-0.25, -0.2) is 9.97 Å². The van der Waals surface area contributed by atoms with E-state index in [0.29, 0.717) is 22.8 Å². The highest BCUT2D eigenvalue weighted by Crippen LogP contribution is 2.22. The fraction of sp³-hybridized carbons (Fsp3) is 0.393. The monoisotopic (exact) mass is 445 g/mol. The molecule has 0 fully saturated rings. The lowest BCUT2D eigenvalue weighted by Crippen LogP contribution is -2.04. The summed E-state index contributed by atoms with van der Waals surface area (Å²) in [5.74, 6) is 1.85. The van der Waals surface area contributed by atoms with Gasteiger partial charge in [0.25, 0.3) is 0 Å². The number of aromatic nitrogens is 2. The van der Waals surface area contributed by atoms with Crippen LogP contribution in [0, 0.1) is 0 Å². The number of rotatable bonds is 15. The van der Waals surface area contributed by atoms with Crippen LogP contribution in [-0.4, -0.2) is 22.3 Å². The van der Waals surface area contributed by atoms with Gasteiger partial charge in [-0.3, -0.25) is 4.79 Å². The first-order chi connectivity index (χ1) is 16.3. The van der Waals surface area contributed by atoms with E-state index < -0.39 is 0 Å². The summed E-state index contributed by atoms with van der Waals surface area (Å²) in [7, 11) is 0. The average molecular weight is 446 g/mol. The van der Waals surface area contributed by atoms with Gasteiger partial charge in [-0.1, -0.05) is 88.6 Å². The molecule has 5 nitrogen and oxygen atoms in total. The predicted octanol–water partition coefficient (Wildman–Crippen LogP) is 7.44. The zero-order valence-electron chi connectivity index (χ0n) is 19.6. The Morgan fingerprint density at radius 1 is 0.788 bits per heavy atom. The Bertz CT molecular complexity index is 958. The van der Waals surface area contributed by atoms with E-state index in [1.165, 1.54) is 57.7 Å². The Morgan fingerprint density at radius 2 is 1.42 bits per heavy atom. The van der Waals surface area contributed by atoms with Crippen LogP contribution < -0.4 is 10.1 Å². The minimum atomic E-state index is -0.00725. The molecule has 0 saturated heterocycles. The quantitative estimate of drug-likeness (QED) is 0.194. The standard InChI is InChI=1S/C28H35N3O2/c1-2-3-4-5-6-7-8-9-13-20-29-26-21-27(31-22-30-26)33-25-18-16-24(17-19-25)28(32)23-14-11-10-12-15-23/h10-12,14-19,21-22H,2-9,13,20H2,1H3,(H,29,30,31). The van der Waals surface area contributed by atoms with E-state index >= 15 is 0 Å². The van der Waals surface area contributed by atoms with E-state index in [0.717, 1.165) is 18.8 Å². The average Bonchev–Trinajstić information content (AvgIpc) is 2.86. The van der Waals surface area contributed by atoms with Crippen LogP contribution in [0.5, 0.6) is 11.6 Å². The minimum absolute atomic E-state index is 0.00725. The molecule has 0 aliphatic heterocycles. The summed E-state index contributed by atoms with van der Waals surface area (Å²) in [6, 6.07) is 18.2. The Morgan fingerprint density at radius 3 is 2.12 bits per heavy atom. The molecule has 3 rings (SSSR count). The zero-order valence-corrected chi connectivity index (χ0v) is 19.6. The zero-order chi connectivity index (χ0) is 23.1. The highest BCUT2D eigenvalue weighted by Gasteiger charge is 2.09. The molecule has 5 heteroatoms. The maximum atomic E-state index is 12.5. The Balaban J connectivity index is 1.39. The van der Waals surface area contributed by atoms with Crippen LogP contribution in [0.15, 0.2) is 67.0 Å². The number of benzene rings is 2. The molecule has 1 aromatic heterocycles. The van der Waals surface area contributed by atoms with Gasteiger partial charge in [0.1, 0.15) is 17.9 Å². The molecule has 1 heterocycles. The number of carbonyl (C=O) groups is 1. The lowest BCUT2D eigenvalue weighted by molar-refractivity contribution is 0.103. The van der Waals surface area contributed by atoms with E-state index in [-0.39, 0.29) is 5.78 Å². The van der Waals surface area contributed by atoms with Crippen LogP contribution in [-0.2, 0) is 0 Å². The molecule has 0 aliphatic carbocycles. The molecule has 2 aromatic carbocycles. The molecule has 1 N–H and O–H groups in total. The largest absolute Gasteiger partial charge is 0.439 e. The van der Waals surface area contributed by atoms with Crippen LogP contribution in [0.25, 0.3) is 0 Å². The molecule has 174 valence electrons. The maximum Gasteiger partial charge on any atom is 0.224 e. The van der Waals surface area contributed by atoms with E-state index in [1.807, 2.05) is 30.3 Å². The summed E-state index contributed by atoms with van der Waals surface area (Å²) in [5.41, 5.74) is 1.30. The van der Waals surface area contributed by atoms with Crippen molar-refractivity contribution in [1.29, 1.82) is 0 Å². The third-order valence-electron chi connectivity index (χ3n) is 5.60. The predicted molar refractivity (Wildman–Crippen MR) is 134 cm³/mol. The molecular weight excluding hydrogens is 410 g/mol. The normalized spacial score (nSPS) is 10.7. The van der Waals surface area contributed by atoms with Crippen molar-refractivity contribution >= 4 is 11.6 Å². The van der Waals surface area contributed by atoms with Gasteiger partial charge in [0.05, 0.1) is 0 Å². The van der Waals surface area contributed by atoms with Gasteiger partial charge in [-0.05, 0) is 30.7 Å². The van der Waals surface area contributed by atoms with Crippen molar-refractivity contribution in [2.75, 3.05) is 11.9 Å². The topological polar surface area (TPSA) is 64.1 Å². The van der Waals surface area contributed by atoms with Crippen LogP contribution in [0.4, 0.5) is 5.82 Å². The number of unbranched alkanes of at least 4 members (excludes halogenated alkanes) is 8. The molecular formula is C28H35N3O2. The molecule has 0 bridgehead atoms. The lowest BCUT2D eigenvalue weighted by Gasteiger charge is -2.09. The van der Waals surface area contributed by atoms with Crippen molar-refractivity contribution in [2.45, 2.75) is 64.7 Å².